The number of hydrogen-bond donors (Lipinski definition) is 5. The van der Waals surface area contributed by atoms with Crippen LogP contribution in [0.25, 0.3) is 0 Å². The van der Waals surface area contributed by atoms with Crippen molar-refractivity contribution in [2.45, 2.75) is 24.9 Å². The molecule has 0 amide bonds. The van der Waals surface area contributed by atoms with Crippen LogP contribution in [0.2, 0.25) is 0 Å². The average molecular weight is 533 g/mol. The molecule has 5 N–H and O–H groups in total. The first kappa shape index (κ1) is 28.8. The van der Waals surface area contributed by atoms with E-state index in [9.17, 15) is 10.1 Å². The monoisotopic (exact) mass is 532 g/mol. The molecule has 0 unspecified atom stereocenters. The summed E-state index contributed by atoms with van der Waals surface area (Å²) in [5.74, 6) is 4.01. The third-order valence-corrected chi connectivity index (χ3v) is 6.57. The van der Waals surface area contributed by atoms with Crippen LogP contribution in [0.3, 0.4) is 0 Å². The molecule has 2 aromatic rings. The Kier molecular flexibility index (Phi) is 14.3. The van der Waals surface area contributed by atoms with E-state index in [0.29, 0.717) is 44.4 Å². The minimum absolute atomic E-state index is 0.366. The van der Waals surface area contributed by atoms with Crippen molar-refractivity contribution in [1.82, 2.24) is 36.2 Å². The Morgan fingerprint density at radius 1 is 1.14 bits per heavy atom. The first-order valence-corrected chi connectivity index (χ1v) is 13.7. The number of thioether (sulfide) groups is 2. The summed E-state index contributed by atoms with van der Waals surface area (Å²) in [6.07, 6.45) is 6.85. The van der Waals surface area contributed by atoms with Gasteiger partial charge in [-0.15, -0.1) is 4.99 Å². The van der Waals surface area contributed by atoms with Crippen LogP contribution in [0.4, 0.5) is 0 Å². The number of nitrogens with zero attached hydrogens (tertiary/aromatic N) is 5. The summed E-state index contributed by atoms with van der Waals surface area (Å²) in [5, 5.41) is 32.2. The van der Waals surface area contributed by atoms with Gasteiger partial charge in [0.05, 0.1) is 22.6 Å². The molecule has 2 rings (SSSR count). The normalized spacial score (nSPS) is 11.6. The largest absolute Gasteiger partial charge is 0.367 e. The molecule has 0 aliphatic heterocycles. The molecule has 0 fully saturated rings. The lowest BCUT2D eigenvalue weighted by Gasteiger charge is -2.13. The van der Waals surface area contributed by atoms with Crippen LogP contribution in [0.15, 0.2) is 47.7 Å². The zero-order valence-electron chi connectivity index (χ0n) is 20.2. The van der Waals surface area contributed by atoms with Crippen molar-refractivity contribution in [2.75, 3.05) is 37.7 Å². The number of H-pyrrole nitrogens is 1. The molecule has 0 saturated heterocycles. The van der Waals surface area contributed by atoms with Crippen molar-refractivity contribution in [1.29, 1.82) is 5.26 Å². The van der Waals surface area contributed by atoms with Gasteiger partial charge in [-0.05, 0) is 25.5 Å². The number of pyridine rings is 1. The highest BCUT2D eigenvalue weighted by atomic mass is 32.2. The number of aryl methyl sites for hydroxylation is 1. The van der Waals surface area contributed by atoms with E-state index < -0.39 is 4.92 Å². The Balaban J connectivity index is 1.58. The zero-order chi connectivity index (χ0) is 25.8. The van der Waals surface area contributed by atoms with Crippen LogP contribution in [-0.2, 0) is 11.5 Å². The molecule has 2 aromatic heterocycles. The third kappa shape index (κ3) is 12.9. The predicted octanol–water partition coefficient (Wildman–Crippen LogP) is 1.94. The van der Waals surface area contributed by atoms with E-state index in [2.05, 4.69) is 41.2 Å². The Morgan fingerprint density at radius 3 is 2.56 bits per heavy atom. The maximum atomic E-state index is 10.9. The lowest BCUT2D eigenvalue weighted by Crippen LogP contribution is -2.39. The van der Waals surface area contributed by atoms with E-state index in [1.165, 1.54) is 0 Å². The molecule has 14 heteroatoms. The van der Waals surface area contributed by atoms with Crippen LogP contribution in [0.1, 0.15) is 23.5 Å². The number of aromatic amines is 1. The lowest BCUT2D eigenvalue weighted by molar-refractivity contribution is -0.404. The third-order valence-electron chi connectivity index (χ3n) is 4.61. The molecule has 0 aliphatic rings. The number of aliphatic imine (C=N–C) groups is 1. The van der Waals surface area contributed by atoms with Crippen LogP contribution >= 0.6 is 23.5 Å². The van der Waals surface area contributed by atoms with Gasteiger partial charge < -0.3 is 26.3 Å². The molecule has 0 radical (unpaired) electrons. The maximum Gasteiger partial charge on any atom is 0.274 e. The summed E-state index contributed by atoms with van der Waals surface area (Å²) in [5.41, 5.74) is 3.10. The molecule has 0 atom stereocenters. The molecule has 12 nitrogen and oxygen atoms in total. The highest BCUT2D eigenvalue weighted by molar-refractivity contribution is 7.98. The van der Waals surface area contributed by atoms with Crippen molar-refractivity contribution in [3.63, 3.8) is 0 Å². The number of hydrogen-bond acceptors (Lipinski definition) is 10. The van der Waals surface area contributed by atoms with E-state index in [1.807, 2.05) is 25.1 Å². The zero-order valence-corrected chi connectivity index (χ0v) is 21.8. The van der Waals surface area contributed by atoms with Crippen molar-refractivity contribution in [2.24, 2.45) is 4.99 Å². The molecule has 194 valence electrons. The molecular weight excluding hydrogens is 500 g/mol. The van der Waals surface area contributed by atoms with E-state index in [-0.39, 0.29) is 0 Å². The highest BCUT2D eigenvalue weighted by Gasteiger charge is 2.04. The first-order chi connectivity index (χ1) is 17.6. The molecule has 0 saturated carbocycles. The summed E-state index contributed by atoms with van der Waals surface area (Å²) >= 11 is 3.44. The maximum absolute atomic E-state index is 10.9. The van der Waals surface area contributed by atoms with E-state index in [1.54, 1.807) is 42.2 Å². The number of rotatable bonds is 17. The summed E-state index contributed by atoms with van der Waals surface area (Å²) in [7, 11) is 0. The summed E-state index contributed by atoms with van der Waals surface area (Å²) in [6, 6.07) is 5.85. The quantitative estimate of drug-likeness (QED) is 0.0504. The van der Waals surface area contributed by atoms with E-state index >= 15 is 0 Å². The van der Waals surface area contributed by atoms with Gasteiger partial charge in [0.2, 0.25) is 12.2 Å². The highest BCUT2D eigenvalue weighted by Crippen LogP contribution is 2.11. The van der Waals surface area contributed by atoms with Crippen molar-refractivity contribution < 1.29 is 4.92 Å². The van der Waals surface area contributed by atoms with Gasteiger partial charge in [-0.25, -0.2) is 4.98 Å². The molecule has 0 bridgehead atoms. The molecule has 36 heavy (non-hydrogen) atoms. The predicted molar refractivity (Wildman–Crippen MR) is 145 cm³/mol. The minimum Gasteiger partial charge on any atom is -0.367 e. The standard InChI is InChI=1S/C22H32N10O2S2/c1-18-20(31-17-30-18)15-36-11-9-26-21(13-32(33)34)25-7-4-8-27-22(29-16-23)28-10-12-35-14-19-5-2-3-6-24-19/h2-3,5-6,13,17,25-26H,4,7-12,14-15H2,1H3,(H,30,31)(H2,27,28,29). The SMILES string of the molecule is Cc1[nH]cnc1CSCCNC(=C[N+](=O)[O-])NCCCNC(=NC#N)NCCSCc1ccccn1. The van der Waals surface area contributed by atoms with Crippen LogP contribution in [-0.4, -0.2) is 63.5 Å². The number of guanidine groups is 1. The number of nitrogens with one attached hydrogen (secondary N) is 5. The van der Waals surface area contributed by atoms with Gasteiger partial charge in [-0.2, -0.15) is 28.8 Å². The van der Waals surface area contributed by atoms with Crippen LogP contribution < -0.4 is 21.3 Å². The van der Waals surface area contributed by atoms with E-state index in [4.69, 9.17) is 5.26 Å². The average Bonchev–Trinajstić information content (AvgIpc) is 3.27. The number of nitro groups is 1. The second-order valence-corrected chi connectivity index (χ2v) is 9.56. The van der Waals surface area contributed by atoms with Gasteiger partial charge >= 0.3 is 0 Å². The Morgan fingerprint density at radius 2 is 1.86 bits per heavy atom. The second kappa shape index (κ2) is 17.9. The second-order valence-electron chi connectivity index (χ2n) is 7.35. The van der Waals surface area contributed by atoms with Crippen molar-refractivity contribution in [3.05, 3.63) is 69.9 Å². The van der Waals surface area contributed by atoms with E-state index in [0.717, 1.165) is 46.3 Å². The van der Waals surface area contributed by atoms with Crippen LogP contribution in [0, 0.1) is 28.5 Å². The van der Waals surface area contributed by atoms with Crippen molar-refractivity contribution >= 4 is 29.5 Å². The Labute approximate surface area is 219 Å². The van der Waals surface area contributed by atoms with Gasteiger partial charge in [0.1, 0.15) is 0 Å². The molecule has 2 heterocycles. The number of aromatic nitrogens is 3. The lowest BCUT2D eigenvalue weighted by atomic mass is 10.4. The Bertz CT molecular complexity index is 1010. The number of nitriles is 1. The minimum atomic E-state index is -0.485. The molecule has 0 aromatic carbocycles. The van der Waals surface area contributed by atoms with Gasteiger partial charge in [-0.3, -0.25) is 15.1 Å². The summed E-state index contributed by atoms with van der Waals surface area (Å²) in [6.45, 7) is 4.28. The smallest absolute Gasteiger partial charge is 0.274 e. The fraction of sp³-hybridized carbons (Fsp3) is 0.455. The fourth-order valence-corrected chi connectivity index (χ4v) is 4.48. The van der Waals surface area contributed by atoms with Crippen LogP contribution in [0.5, 0.6) is 0 Å². The first-order valence-electron chi connectivity index (χ1n) is 11.4. The van der Waals surface area contributed by atoms with Gasteiger partial charge in [-0.1, -0.05) is 6.07 Å². The van der Waals surface area contributed by atoms with Crippen molar-refractivity contribution in [3.8, 4) is 6.19 Å². The molecule has 0 aliphatic carbocycles. The number of imidazole rings is 1. The summed E-state index contributed by atoms with van der Waals surface area (Å²) < 4.78 is 0. The molecule has 0 spiro atoms. The molecular formula is C22H32N10O2S2. The fourth-order valence-electron chi connectivity index (χ4n) is 2.83. The Hall–Kier alpha value is -3.44. The van der Waals surface area contributed by atoms with Gasteiger partial charge in [0.25, 0.3) is 6.20 Å². The van der Waals surface area contributed by atoms with Gasteiger partial charge in [0, 0.05) is 61.1 Å². The topological polar surface area (TPSA) is 169 Å². The summed E-state index contributed by atoms with van der Waals surface area (Å²) in [4.78, 5) is 25.8. The van der Waals surface area contributed by atoms with Gasteiger partial charge in [0.15, 0.2) is 5.82 Å².